The standard InChI is InChI=1S/C19H18FN7/c1-11(12-4-6-15(20)7-5-12)23-19-22-10-14(9-21)18(25-19)24-17-8-16(26-27-17)13-2-3-13/h4-8,10-11,13H,2-3H2,1H3,(H3,22,23,24,25,26,27)/t11-/m0/s1. The molecule has 3 aromatic rings. The van der Waals surface area contributed by atoms with E-state index in [1.54, 1.807) is 12.1 Å². The van der Waals surface area contributed by atoms with Crippen LogP contribution in [-0.4, -0.2) is 20.2 Å². The van der Waals surface area contributed by atoms with Crippen molar-refractivity contribution < 1.29 is 4.39 Å². The molecule has 0 spiro atoms. The number of H-pyrrole nitrogens is 1. The second-order valence-electron chi connectivity index (χ2n) is 6.59. The largest absolute Gasteiger partial charge is 0.348 e. The summed E-state index contributed by atoms with van der Waals surface area (Å²) in [4.78, 5) is 8.60. The van der Waals surface area contributed by atoms with Gasteiger partial charge >= 0.3 is 0 Å². The highest BCUT2D eigenvalue weighted by molar-refractivity contribution is 5.61. The van der Waals surface area contributed by atoms with Gasteiger partial charge in [0.2, 0.25) is 5.95 Å². The maximum Gasteiger partial charge on any atom is 0.225 e. The summed E-state index contributed by atoms with van der Waals surface area (Å²) in [6.07, 6.45) is 3.81. The van der Waals surface area contributed by atoms with E-state index in [1.165, 1.54) is 31.2 Å². The van der Waals surface area contributed by atoms with E-state index < -0.39 is 0 Å². The van der Waals surface area contributed by atoms with Gasteiger partial charge in [0.1, 0.15) is 17.4 Å². The van der Waals surface area contributed by atoms with Gasteiger partial charge in [-0.15, -0.1) is 0 Å². The lowest BCUT2D eigenvalue weighted by Crippen LogP contribution is -2.11. The number of nitrogens with zero attached hydrogens (tertiary/aromatic N) is 4. The first-order valence-corrected chi connectivity index (χ1v) is 8.74. The molecule has 136 valence electrons. The van der Waals surface area contributed by atoms with Crippen LogP contribution in [0, 0.1) is 17.1 Å². The summed E-state index contributed by atoms with van der Waals surface area (Å²) in [6.45, 7) is 1.93. The van der Waals surface area contributed by atoms with Crippen molar-refractivity contribution in [3.8, 4) is 6.07 Å². The Labute approximate surface area is 155 Å². The van der Waals surface area contributed by atoms with Gasteiger partial charge in [-0.3, -0.25) is 5.10 Å². The highest BCUT2D eigenvalue weighted by Gasteiger charge is 2.25. The van der Waals surface area contributed by atoms with Crippen molar-refractivity contribution >= 4 is 17.6 Å². The molecule has 2 heterocycles. The minimum absolute atomic E-state index is 0.127. The van der Waals surface area contributed by atoms with Crippen LogP contribution in [0.3, 0.4) is 0 Å². The summed E-state index contributed by atoms with van der Waals surface area (Å²) < 4.78 is 13.1. The molecular weight excluding hydrogens is 345 g/mol. The van der Waals surface area contributed by atoms with Gasteiger partial charge in [-0.1, -0.05) is 12.1 Å². The smallest absolute Gasteiger partial charge is 0.225 e. The van der Waals surface area contributed by atoms with Crippen molar-refractivity contribution in [1.29, 1.82) is 5.26 Å². The Kier molecular flexibility index (Phi) is 4.42. The van der Waals surface area contributed by atoms with Crippen LogP contribution in [0.15, 0.2) is 36.5 Å². The number of nitrogens with one attached hydrogen (secondary N) is 3. The van der Waals surface area contributed by atoms with Crippen LogP contribution in [0.2, 0.25) is 0 Å². The highest BCUT2D eigenvalue weighted by atomic mass is 19.1. The van der Waals surface area contributed by atoms with Crippen molar-refractivity contribution in [3.05, 3.63) is 59.2 Å². The van der Waals surface area contributed by atoms with E-state index in [0.717, 1.165) is 11.3 Å². The average Bonchev–Trinajstić information content (AvgIpc) is 3.42. The Morgan fingerprint density at radius 3 is 2.78 bits per heavy atom. The summed E-state index contributed by atoms with van der Waals surface area (Å²) >= 11 is 0. The van der Waals surface area contributed by atoms with Crippen molar-refractivity contribution in [3.63, 3.8) is 0 Å². The van der Waals surface area contributed by atoms with E-state index in [2.05, 4.69) is 36.9 Å². The zero-order valence-corrected chi connectivity index (χ0v) is 14.7. The molecule has 0 saturated heterocycles. The normalized spacial score (nSPS) is 14.4. The summed E-state index contributed by atoms with van der Waals surface area (Å²) in [5.41, 5.74) is 2.32. The lowest BCUT2D eigenvalue weighted by molar-refractivity contribution is 0.626. The zero-order valence-electron chi connectivity index (χ0n) is 14.7. The number of halogens is 1. The Morgan fingerprint density at radius 1 is 1.30 bits per heavy atom. The van der Waals surface area contributed by atoms with E-state index in [0.29, 0.717) is 29.1 Å². The molecule has 0 unspecified atom stereocenters. The molecule has 1 aromatic carbocycles. The number of anilines is 3. The SMILES string of the molecule is C[C@H](Nc1ncc(C#N)c(Nc2cc(C3CC3)[nH]n2)n1)c1ccc(F)cc1. The molecule has 8 heteroatoms. The number of rotatable bonds is 6. The fourth-order valence-electron chi connectivity index (χ4n) is 2.78. The number of aromatic nitrogens is 4. The second-order valence-corrected chi connectivity index (χ2v) is 6.59. The number of hydrogen-bond donors (Lipinski definition) is 3. The molecule has 1 saturated carbocycles. The summed E-state index contributed by atoms with van der Waals surface area (Å²) in [6, 6.07) is 10.1. The predicted molar refractivity (Wildman–Crippen MR) is 99.0 cm³/mol. The molecular formula is C19H18FN7. The topological polar surface area (TPSA) is 102 Å². The van der Waals surface area contributed by atoms with Crippen LogP contribution in [0.5, 0.6) is 0 Å². The molecule has 1 aliphatic carbocycles. The van der Waals surface area contributed by atoms with Gasteiger partial charge in [-0.2, -0.15) is 15.3 Å². The molecule has 0 aliphatic heterocycles. The molecule has 27 heavy (non-hydrogen) atoms. The number of aromatic amines is 1. The summed E-state index contributed by atoms with van der Waals surface area (Å²) in [5, 5.41) is 22.8. The molecule has 3 N–H and O–H groups in total. The van der Waals surface area contributed by atoms with Gasteiger partial charge in [0.25, 0.3) is 0 Å². The van der Waals surface area contributed by atoms with Crippen LogP contribution < -0.4 is 10.6 Å². The summed E-state index contributed by atoms with van der Waals surface area (Å²) in [5.74, 6) is 1.64. The number of hydrogen-bond acceptors (Lipinski definition) is 6. The lowest BCUT2D eigenvalue weighted by Gasteiger charge is -2.15. The summed E-state index contributed by atoms with van der Waals surface area (Å²) in [7, 11) is 0. The molecule has 1 fully saturated rings. The first-order chi connectivity index (χ1) is 13.1. The van der Waals surface area contributed by atoms with Gasteiger partial charge in [-0.05, 0) is 37.5 Å². The van der Waals surface area contributed by atoms with Crippen LogP contribution in [0.25, 0.3) is 0 Å². The molecule has 7 nitrogen and oxygen atoms in total. The van der Waals surface area contributed by atoms with Crippen molar-refractivity contribution in [2.24, 2.45) is 0 Å². The van der Waals surface area contributed by atoms with E-state index in [1.807, 2.05) is 13.0 Å². The zero-order chi connectivity index (χ0) is 18.8. The second kappa shape index (κ2) is 7.03. The van der Waals surface area contributed by atoms with Crippen LogP contribution in [-0.2, 0) is 0 Å². The minimum Gasteiger partial charge on any atom is -0.348 e. The molecule has 0 bridgehead atoms. The van der Waals surface area contributed by atoms with Gasteiger partial charge in [0.15, 0.2) is 11.6 Å². The molecule has 0 amide bonds. The molecule has 0 radical (unpaired) electrons. The number of benzene rings is 1. The molecule has 1 atom stereocenters. The third kappa shape index (κ3) is 3.87. The quantitative estimate of drug-likeness (QED) is 0.612. The van der Waals surface area contributed by atoms with Gasteiger partial charge in [0.05, 0.1) is 12.2 Å². The Balaban J connectivity index is 1.52. The fourth-order valence-corrected chi connectivity index (χ4v) is 2.78. The number of nitriles is 1. The Hall–Kier alpha value is -3.47. The molecule has 1 aliphatic rings. The first-order valence-electron chi connectivity index (χ1n) is 8.74. The maximum absolute atomic E-state index is 13.1. The lowest BCUT2D eigenvalue weighted by atomic mass is 10.1. The van der Waals surface area contributed by atoms with Gasteiger partial charge < -0.3 is 10.6 Å². The van der Waals surface area contributed by atoms with E-state index >= 15 is 0 Å². The van der Waals surface area contributed by atoms with E-state index in [-0.39, 0.29) is 11.9 Å². The maximum atomic E-state index is 13.1. The van der Waals surface area contributed by atoms with E-state index in [9.17, 15) is 9.65 Å². The first kappa shape index (κ1) is 17.0. The predicted octanol–water partition coefficient (Wildman–Crippen LogP) is 4.00. The fraction of sp³-hybridized carbons (Fsp3) is 0.263. The molecule has 2 aromatic heterocycles. The monoisotopic (exact) mass is 363 g/mol. The van der Waals surface area contributed by atoms with Crippen molar-refractivity contribution in [1.82, 2.24) is 20.2 Å². The van der Waals surface area contributed by atoms with E-state index in [4.69, 9.17) is 0 Å². The van der Waals surface area contributed by atoms with Crippen molar-refractivity contribution in [2.75, 3.05) is 10.6 Å². The van der Waals surface area contributed by atoms with Gasteiger partial charge in [-0.25, -0.2) is 9.37 Å². The van der Waals surface area contributed by atoms with Crippen LogP contribution >= 0.6 is 0 Å². The van der Waals surface area contributed by atoms with Gasteiger partial charge in [0, 0.05) is 17.7 Å². The third-order valence-electron chi connectivity index (χ3n) is 4.49. The van der Waals surface area contributed by atoms with Crippen molar-refractivity contribution in [2.45, 2.75) is 31.7 Å². The Morgan fingerprint density at radius 2 is 2.07 bits per heavy atom. The third-order valence-corrected chi connectivity index (χ3v) is 4.49. The Bertz CT molecular complexity index is 986. The molecule has 4 rings (SSSR count). The minimum atomic E-state index is -0.281. The average molecular weight is 363 g/mol. The van der Waals surface area contributed by atoms with Crippen LogP contribution in [0.1, 0.15) is 48.5 Å². The van der Waals surface area contributed by atoms with Crippen LogP contribution in [0.4, 0.5) is 22.0 Å². The highest BCUT2D eigenvalue weighted by Crippen LogP contribution is 2.39.